The largest absolute Gasteiger partial charge is 0.380 e. The molecule has 0 saturated heterocycles. The molecule has 3 N–H and O–H groups in total. The molecular weight excluding hydrogens is 68.0 g/mol. The van der Waals surface area contributed by atoms with Gasteiger partial charge in [0.15, 0.2) is 0 Å². The Hall–Kier alpha value is -0.120. The molecule has 0 fully saturated rings. The summed E-state index contributed by atoms with van der Waals surface area (Å²) >= 11 is 0. The van der Waals surface area contributed by atoms with Crippen molar-refractivity contribution in [3.63, 3.8) is 0 Å². The van der Waals surface area contributed by atoms with Crippen molar-refractivity contribution in [1.29, 1.82) is 0 Å². The van der Waals surface area contributed by atoms with Crippen LogP contribution in [0.4, 0.5) is 0 Å². The number of aliphatic hydroxyl groups is 1. The molecule has 0 saturated carbocycles. The highest BCUT2D eigenvalue weighted by atomic mass is 16.3. The number of hydrogen-bond donors (Lipinski definition) is 2. The van der Waals surface area contributed by atoms with Crippen LogP contribution >= 0.6 is 0 Å². The van der Waals surface area contributed by atoms with Gasteiger partial charge in [0.2, 0.25) is 0 Å². The third kappa shape index (κ3) is 3.88. The van der Waals surface area contributed by atoms with Gasteiger partial charge >= 0.3 is 0 Å². The predicted molar refractivity (Wildman–Crippen MR) is 19.0 cm³/mol. The van der Waals surface area contributed by atoms with Crippen LogP contribution in [0.15, 0.2) is 0 Å². The Morgan fingerprint density at radius 1 is 2.00 bits per heavy atom. The quantitative estimate of drug-likeness (QED) is 0.233. The van der Waals surface area contributed by atoms with Crippen molar-refractivity contribution in [3.8, 4) is 0 Å². The molecule has 0 aliphatic rings. The van der Waals surface area contributed by atoms with E-state index in [1.54, 1.807) is 7.05 Å². The maximum absolute atomic E-state index is 7.94. The molecule has 0 heterocycles. The molecule has 0 rings (SSSR count). The average Bonchev–Trinajstić information content (AvgIpc) is 1.38. The number of hydrogen-bond acceptors (Lipinski definition) is 3. The van der Waals surface area contributed by atoms with E-state index in [0.29, 0.717) is 0 Å². The highest BCUT2D eigenvalue weighted by Crippen LogP contribution is 1.52. The lowest BCUT2D eigenvalue weighted by molar-refractivity contribution is 0.134. The monoisotopic (exact) mass is 76.1 g/mol. The third-order valence-electron chi connectivity index (χ3n) is 0.223. The first-order chi connectivity index (χ1) is 2.27. The molecule has 0 spiro atoms. The highest BCUT2D eigenvalue weighted by molar-refractivity contribution is 4.10. The van der Waals surface area contributed by atoms with E-state index in [0.717, 1.165) is 0 Å². The zero-order valence-electron chi connectivity index (χ0n) is 3.18. The van der Waals surface area contributed by atoms with E-state index in [1.807, 2.05) is 0 Å². The van der Waals surface area contributed by atoms with Crippen molar-refractivity contribution in [2.75, 3.05) is 13.8 Å². The van der Waals surface area contributed by atoms with Gasteiger partial charge in [-0.15, -0.1) is 0 Å². The summed E-state index contributed by atoms with van der Waals surface area (Å²) in [6, 6.07) is 0. The van der Waals surface area contributed by atoms with Gasteiger partial charge in [0.25, 0.3) is 0 Å². The van der Waals surface area contributed by atoms with Gasteiger partial charge in [0.1, 0.15) is 6.73 Å². The Morgan fingerprint density at radius 3 is 2.20 bits per heavy atom. The molecule has 0 radical (unpaired) electrons. The van der Waals surface area contributed by atoms with Crippen LogP contribution in [0.5, 0.6) is 0 Å². The van der Waals surface area contributed by atoms with Crippen LogP contribution in [0.3, 0.4) is 0 Å². The molecule has 0 atom stereocenters. The minimum atomic E-state index is -0.0833. The summed E-state index contributed by atoms with van der Waals surface area (Å²) in [6.07, 6.45) is 0. The standard InChI is InChI=1S/C2H8N2O/c1-4(3)2-5/h5H,2-3H2,1H3. The van der Waals surface area contributed by atoms with Crippen molar-refractivity contribution in [2.24, 2.45) is 5.84 Å². The fraction of sp³-hybridized carbons (Fsp3) is 1.00. The first-order valence-electron chi connectivity index (χ1n) is 1.34. The number of hydrazine groups is 1. The van der Waals surface area contributed by atoms with Crippen molar-refractivity contribution in [2.45, 2.75) is 0 Å². The lowest BCUT2D eigenvalue weighted by Crippen LogP contribution is -2.26. The summed E-state index contributed by atoms with van der Waals surface area (Å²) in [4.78, 5) is 0. The zero-order valence-corrected chi connectivity index (χ0v) is 3.18. The molecule has 0 aromatic carbocycles. The van der Waals surface area contributed by atoms with Crippen molar-refractivity contribution in [3.05, 3.63) is 0 Å². The molecule has 3 heteroatoms. The SMILES string of the molecule is CN(N)CO. The fourth-order valence-corrected chi connectivity index (χ4v) is 0. The van der Waals surface area contributed by atoms with Crippen molar-refractivity contribution < 1.29 is 5.11 Å². The van der Waals surface area contributed by atoms with E-state index < -0.39 is 0 Å². The first-order valence-corrected chi connectivity index (χ1v) is 1.34. The number of rotatable bonds is 1. The van der Waals surface area contributed by atoms with Gasteiger partial charge in [-0.3, -0.25) is 5.84 Å². The zero-order chi connectivity index (χ0) is 4.28. The predicted octanol–water partition coefficient (Wildman–Crippen LogP) is -1.26. The Balaban J connectivity index is 2.54. The van der Waals surface area contributed by atoms with Crippen molar-refractivity contribution in [1.82, 2.24) is 5.01 Å². The van der Waals surface area contributed by atoms with E-state index in [-0.39, 0.29) is 6.73 Å². The Morgan fingerprint density at radius 2 is 2.20 bits per heavy atom. The summed E-state index contributed by atoms with van der Waals surface area (Å²) in [5.41, 5.74) is 0. The first kappa shape index (κ1) is 4.88. The third-order valence-corrected chi connectivity index (χ3v) is 0.223. The van der Waals surface area contributed by atoms with Crippen LogP contribution in [0, 0.1) is 0 Å². The second kappa shape index (κ2) is 2.14. The molecule has 0 amide bonds. The van der Waals surface area contributed by atoms with Crippen LogP contribution in [0.1, 0.15) is 0 Å². The van der Waals surface area contributed by atoms with Crippen LogP contribution in [-0.4, -0.2) is 23.9 Å². The topological polar surface area (TPSA) is 49.5 Å². The van der Waals surface area contributed by atoms with Gasteiger partial charge in [-0.1, -0.05) is 0 Å². The summed E-state index contributed by atoms with van der Waals surface area (Å²) < 4.78 is 0. The van der Waals surface area contributed by atoms with Gasteiger partial charge in [0, 0.05) is 7.05 Å². The van der Waals surface area contributed by atoms with Crippen LogP contribution in [0.2, 0.25) is 0 Å². The molecule has 0 bridgehead atoms. The molecule has 0 aliphatic carbocycles. The molecule has 3 nitrogen and oxygen atoms in total. The lowest BCUT2D eigenvalue weighted by atomic mass is 11.1. The minimum absolute atomic E-state index is 0.0833. The van der Waals surface area contributed by atoms with Crippen molar-refractivity contribution >= 4 is 0 Å². The van der Waals surface area contributed by atoms with E-state index >= 15 is 0 Å². The van der Waals surface area contributed by atoms with E-state index in [1.165, 1.54) is 5.01 Å². The summed E-state index contributed by atoms with van der Waals surface area (Å²) in [5, 5.41) is 9.12. The molecule has 5 heavy (non-hydrogen) atoms. The number of nitrogens with zero attached hydrogens (tertiary/aromatic N) is 1. The van der Waals surface area contributed by atoms with Crippen LogP contribution < -0.4 is 5.84 Å². The fourth-order valence-electron chi connectivity index (χ4n) is 0. The molecule has 0 unspecified atom stereocenters. The summed E-state index contributed by atoms with van der Waals surface area (Å²) in [6.45, 7) is -0.0833. The van der Waals surface area contributed by atoms with E-state index in [4.69, 9.17) is 10.9 Å². The number of aliphatic hydroxyl groups excluding tert-OH is 1. The van der Waals surface area contributed by atoms with Gasteiger partial charge in [-0.05, 0) is 0 Å². The van der Waals surface area contributed by atoms with Gasteiger partial charge in [0.05, 0.1) is 0 Å². The molecule has 32 valence electrons. The van der Waals surface area contributed by atoms with E-state index in [9.17, 15) is 0 Å². The Labute approximate surface area is 31.0 Å². The molecule has 0 aromatic heterocycles. The van der Waals surface area contributed by atoms with Gasteiger partial charge in [-0.25, -0.2) is 5.01 Å². The smallest absolute Gasteiger partial charge is 0.108 e. The maximum Gasteiger partial charge on any atom is 0.108 e. The summed E-state index contributed by atoms with van der Waals surface area (Å²) in [7, 11) is 1.58. The van der Waals surface area contributed by atoms with Gasteiger partial charge < -0.3 is 5.11 Å². The normalized spacial score (nSPS) is 9.60. The van der Waals surface area contributed by atoms with Gasteiger partial charge in [-0.2, -0.15) is 0 Å². The Bertz CT molecular complexity index is 21.6. The minimum Gasteiger partial charge on any atom is -0.380 e. The summed E-state index contributed by atoms with van der Waals surface area (Å²) in [5.74, 6) is 4.88. The second-order valence-corrected chi connectivity index (χ2v) is 0.898. The second-order valence-electron chi connectivity index (χ2n) is 0.898. The van der Waals surface area contributed by atoms with Crippen LogP contribution in [0.25, 0.3) is 0 Å². The average molecular weight is 76.1 g/mol. The molecular formula is C2H8N2O. The molecule has 0 aliphatic heterocycles. The maximum atomic E-state index is 7.94. The number of nitrogens with two attached hydrogens (primary N) is 1. The lowest BCUT2D eigenvalue weighted by Gasteiger charge is -1.99. The Kier molecular flexibility index (Phi) is 2.09. The highest BCUT2D eigenvalue weighted by Gasteiger charge is 1.73. The molecule has 0 aromatic rings. The van der Waals surface area contributed by atoms with Crippen LogP contribution in [-0.2, 0) is 0 Å². The van der Waals surface area contributed by atoms with E-state index in [2.05, 4.69) is 0 Å².